The molecule has 1 aromatic heterocycles. The van der Waals surface area contributed by atoms with E-state index in [0.29, 0.717) is 24.9 Å². The summed E-state index contributed by atoms with van der Waals surface area (Å²) in [5.74, 6) is 1.65. The Bertz CT molecular complexity index is 841. The number of methoxy groups -OCH3 is 1. The molecule has 0 saturated heterocycles. The van der Waals surface area contributed by atoms with Crippen LogP contribution in [-0.2, 0) is 13.0 Å². The zero-order valence-electron chi connectivity index (χ0n) is 14.4. The largest absolute Gasteiger partial charge is 0.497 e. The lowest BCUT2D eigenvalue weighted by Crippen LogP contribution is -2.10. The lowest BCUT2D eigenvalue weighted by atomic mass is 10.1. The molecule has 0 aliphatic heterocycles. The molecule has 3 aromatic rings. The van der Waals surface area contributed by atoms with Gasteiger partial charge in [-0.3, -0.25) is 0 Å². The number of rotatable bonds is 8. The van der Waals surface area contributed by atoms with Crippen molar-refractivity contribution in [2.45, 2.75) is 13.0 Å². The van der Waals surface area contributed by atoms with Gasteiger partial charge in [0.1, 0.15) is 11.6 Å². The van der Waals surface area contributed by atoms with E-state index in [1.807, 2.05) is 18.2 Å². The molecular formula is C19H20FN5O. The molecule has 0 fully saturated rings. The number of ether oxygens (including phenoxy) is 1. The van der Waals surface area contributed by atoms with Gasteiger partial charge in [0.15, 0.2) is 5.82 Å². The van der Waals surface area contributed by atoms with Gasteiger partial charge in [0, 0.05) is 13.1 Å². The first kappa shape index (κ1) is 17.6. The van der Waals surface area contributed by atoms with Crippen LogP contribution in [0.3, 0.4) is 0 Å². The molecule has 2 aromatic carbocycles. The van der Waals surface area contributed by atoms with Crippen LogP contribution < -0.4 is 15.4 Å². The number of nitrogens with one attached hydrogen (secondary N) is 2. The summed E-state index contributed by atoms with van der Waals surface area (Å²) in [5.41, 5.74) is 2.11. The summed E-state index contributed by atoms with van der Waals surface area (Å²) >= 11 is 0. The molecule has 1 heterocycles. The van der Waals surface area contributed by atoms with Crippen molar-refractivity contribution in [3.05, 3.63) is 71.7 Å². The van der Waals surface area contributed by atoms with Crippen molar-refractivity contribution in [3.63, 3.8) is 0 Å². The third-order valence-electron chi connectivity index (χ3n) is 3.78. The number of aromatic nitrogens is 3. The summed E-state index contributed by atoms with van der Waals surface area (Å²) in [6, 6.07) is 14.2. The minimum absolute atomic E-state index is 0.256. The lowest BCUT2D eigenvalue weighted by Gasteiger charge is -2.08. The summed E-state index contributed by atoms with van der Waals surface area (Å²) in [7, 11) is 1.66. The van der Waals surface area contributed by atoms with Crippen molar-refractivity contribution in [2.24, 2.45) is 0 Å². The van der Waals surface area contributed by atoms with Crippen LogP contribution in [-0.4, -0.2) is 28.8 Å². The summed E-state index contributed by atoms with van der Waals surface area (Å²) < 4.78 is 18.1. The van der Waals surface area contributed by atoms with Crippen molar-refractivity contribution >= 4 is 11.8 Å². The molecule has 0 saturated carbocycles. The monoisotopic (exact) mass is 353 g/mol. The van der Waals surface area contributed by atoms with Gasteiger partial charge in [0.25, 0.3) is 0 Å². The first-order valence-electron chi connectivity index (χ1n) is 8.28. The molecule has 0 bridgehead atoms. The molecule has 3 rings (SSSR count). The van der Waals surface area contributed by atoms with Gasteiger partial charge in [-0.05, 0) is 41.8 Å². The number of halogens is 1. The van der Waals surface area contributed by atoms with Gasteiger partial charge in [-0.15, -0.1) is 5.10 Å². The fourth-order valence-electron chi connectivity index (χ4n) is 2.41. The number of hydrogen-bond acceptors (Lipinski definition) is 6. The normalized spacial score (nSPS) is 10.4. The van der Waals surface area contributed by atoms with Gasteiger partial charge in [0.2, 0.25) is 5.95 Å². The van der Waals surface area contributed by atoms with Crippen LogP contribution in [0.2, 0.25) is 0 Å². The van der Waals surface area contributed by atoms with E-state index in [2.05, 4.69) is 31.9 Å². The highest BCUT2D eigenvalue weighted by Gasteiger charge is 2.02. The first-order chi connectivity index (χ1) is 12.7. The minimum Gasteiger partial charge on any atom is -0.497 e. The highest BCUT2D eigenvalue weighted by Crippen LogP contribution is 2.13. The van der Waals surface area contributed by atoms with Crippen molar-refractivity contribution in [1.29, 1.82) is 0 Å². The van der Waals surface area contributed by atoms with Gasteiger partial charge < -0.3 is 15.4 Å². The SMILES string of the molecule is COc1cccc(CCNc2cnnc(NCc3ccc(F)cc3)n2)c1. The van der Waals surface area contributed by atoms with Gasteiger partial charge in [0.05, 0.1) is 13.3 Å². The van der Waals surface area contributed by atoms with E-state index in [-0.39, 0.29) is 5.82 Å². The van der Waals surface area contributed by atoms with E-state index in [9.17, 15) is 4.39 Å². The highest BCUT2D eigenvalue weighted by molar-refractivity contribution is 5.38. The highest BCUT2D eigenvalue weighted by atomic mass is 19.1. The van der Waals surface area contributed by atoms with Crippen molar-refractivity contribution in [3.8, 4) is 5.75 Å². The van der Waals surface area contributed by atoms with E-state index in [1.165, 1.54) is 17.7 Å². The Morgan fingerprint density at radius 3 is 2.69 bits per heavy atom. The van der Waals surface area contributed by atoms with Gasteiger partial charge in [-0.1, -0.05) is 24.3 Å². The third-order valence-corrected chi connectivity index (χ3v) is 3.78. The topological polar surface area (TPSA) is 72.0 Å². The van der Waals surface area contributed by atoms with Gasteiger partial charge in [-0.2, -0.15) is 10.1 Å². The van der Waals surface area contributed by atoms with Crippen LogP contribution in [0.5, 0.6) is 5.75 Å². The fourth-order valence-corrected chi connectivity index (χ4v) is 2.41. The van der Waals surface area contributed by atoms with Crippen molar-refractivity contribution in [1.82, 2.24) is 15.2 Å². The summed E-state index contributed by atoms with van der Waals surface area (Å²) in [6.45, 7) is 1.21. The van der Waals surface area contributed by atoms with E-state index in [0.717, 1.165) is 17.7 Å². The molecular weight excluding hydrogens is 333 g/mol. The quantitative estimate of drug-likeness (QED) is 0.647. The van der Waals surface area contributed by atoms with E-state index in [1.54, 1.807) is 25.4 Å². The lowest BCUT2D eigenvalue weighted by molar-refractivity contribution is 0.414. The average molecular weight is 353 g/mol. The van der Waals surface area contributed by atoms with Crippen LogP contribution in [0.15, 0.2) is 54.7 Å². The molecule has 134 valence electrons. The van der Waals surface area contributed by atoms with Crippen LogP contribution >= 0.6 is 0 Å². The summed E-state index contributed by atoms with van der Waals surface area (Å²) in [4.78, 5) is 4.38. The average Bonchev–Trinajstić information content (AvgIpc) is 2.68. The molecule has 0 unspecified atom stereocenters. The minimum atomic E-state index is -0.256. The van der Waals surface area contributed by atoms with Gasteiger partial charge in [-0.25, -0.2) is 4.39 Å². The molecule has 0 radical (unpaired) electrons. The first-order valence-corrected chi connectivity index (χ1v) is 8.28. The summed E-state index contributed by atoms with van der Waals surface area (Å²) in [5, 5.41) is 14.2. The maximum atomic E-state index is 12.9. The molecule has 0 aliphatic carbocycles. The molecule has 6 nitrogen and oxygen atoms in total. The van der Waals surface area contributed by atoms with Crippen molar-refractivity contribution < 1.29 is 9.13 Å². The standard InChI is InChI=1S/C19H20FN5O/c1-26-17-4-2-3-14(11-17)9-10-21-18-13-23-25-19(24-18)22-12-15-5-7-16(20)8-6-15/h2-8,11,13H,9-10,12H2,1H3,(H2,21,22,24,25). The van der Waals surface area contributed by atoms with Crippen LogP contribution in [0.1, 0.15) is 11.1 Å². The Kier molecular flexibility index (Phi) is 5.92. The fraction of sp³-hybridized carbons (Fsp3) is 0.211. The smallest absolute Gasteiger partial charge is 0.244 e. The Morgan fingerprint density at radius 1 is 1.04 bits per heavy atom. The molecule has 0 spiro atoms. The predicted molar refractivity (Wildman–Crippen MR) is 98.7 cm³/mol. The van der Waals surface area contributed by atoms with E-state index in [4.69, 9.17) is 4.74 Å². The molecule has 0 aliphatic rings. The van der Waals surface area contributed by atoms with Crippen LogP contribution in [0, 0.1) is 5.82 Å². The van der Waals surface area contributed by atoms with Crippen LogP contribution in [0.25, 0.3) is 0 Å². The summed E-state index contributed by atoms with van der Waals surface area (Å²) in [6.07, 6.45) is 2.41. The molecule has 0 amide bonds. The Labute approximate surface area is 151 Å². The second-order valence-electron chi connectivity index (χ2n) is 5.67. The second-order valence-corrected chi connectivity index (χ2v) is 5.67. The Balaban J connectivity index is 1.51. The number of anilines is 2. The third kappa shape index (κ3) is 5.14. The molecule has 0 atom stereocenters. The zero-order valence-corrected chi connectivity index (χ0v) is 14.4. The number of nitrogens with zero attached hydrogens (tertiary/aromatic N) is 3. The van der Waals surface area contributed by atoms with Crippen molar-refractivity contribution in [2.75, 3.05) is 24.3 Å². The molecule has 2 N–H and O–H groups in total. The second kappa shape index (κ2) is 8.75. The molecule has 26 heavy (non-hydrogen) atoms. The Morgan fingerprint density at radius 2 is 1.88 bits per heavy atom. The number of hydrogen-bond donors (Lipinski definition) is 2. The van der Waals surface area contributed by atoms with Crippen LogP contribution in [0.4, 0.5) is 16.2 Å². The van der Waals surface area contributed by atoms with E-state index >= 15 is 0 Å². The maximum absolute atomic E-state index is 12.9. The molecule has 7 heteroatoms. The number of benzene rings is 2. The van der Waals surface area contributed by atoms with E-state index < -0.39 is 0 Å². The van der Waals surface area contributed by atoms with Gasteiger partial charge >= 0.3 is 0 Å². The zero-order chi connectivity index (χ0) is 18.2. The maximum Gasteiger partial charge on any atom is 0.244 e. The Hall–Kier alpha value is -3.22. The predicted octanol–water partition coefficient (Wildman–Crippen LogP) is 3.29.